The molecule has 0 unspecified atom stereocenters. The second kappa shape index (κ2) is 9.82. The number of fused-ring (bicyclic) bond motifs is 1. The van der Waals surface area contributed by atoms with Gasteiger partial charge in [0.05, 0.1) is 34.3 Å². The van der Waals surface area contributed by atoms with E-state index in [1.807, 2.05) is 17.9 Å². The third kappa shape index (κ3) is 4.39. The minimum Gasteiger partial charge on any atom is -0.493 e. The molecule has 0 spiro atoms. The van der Waals surface area contributed by atoms with Gasteiger partial charge in [0.15, 0.2) is 11.5 Å². The number of halogens is 2. The van der Waals surface area contributed by atoms with Crippen LogP contribution in [0.15, 0.2) is 36.8 Å². The average molecular weight is 525 g/mol. The summed E-state index contributed by atoms with van der Waals surface area (Å²) in [5, 5.41) is 28.7. The van der Waals surface area contributed by atoms with E-state index in [0.717, 1.165) is 10.9 Å². The fourth-order valence-electron chi connectivity index (χ4n) is 4.41. The first-order valence-corrected chi connectivity index (χ1v) is 12.0. The van der Waals surface area contributed by atoms with Crippen molar-refractivity contribution in [2.75, 3.05) is 25.1 Å². The SMILES string of the molecule is COc1cc2[nH]nc(-c3cnc(N4CC[C@H](O)C4)c(C#N)c3)c2cc1O[C@H](C)c1c(Cl)cncc1Cl. The zero-order chi connectivity index (χ0) is 25.4. The number of pyridine rings is 2. The Labute approximate surface area is 217 Å². The molecule has 11 heteroatoms. The van der Waals surface area contributed by atoms with Crippen LogP contribution in [0.3, 0.4) is 0 Å². The van der Waals surface area contributed by atoms with Crippen LogP contribution in [0.25, 0.3) is 22.2 Å². The number of nitrogens with zero attached hydrogens (tertiary/aromatic N) is 5. The van der Waals surface area contributed by atoms with Gasteiger partial charge in [0.2, 0.25) is 0 Å². The highest BCUT2D eigenvalue weighted by Crippen LogP contribution is 2.40. The van der Waals surface area contributed by atoms with Crippen molar-refractivity contribution >= 4 is 39.9 Å². The zero-order valence-corrected chi connectivity index (χ0v) is 21.0. The molecule has 0 saturated carbocycles. The van der Waals surface area contributed by atoms with Crippen LogP contribution < -0.4 is 14.4 Å². The summed E-state index contributed by atoms with van der Waals surface area (Å²) < 4.78 is 11.8. The lowest BCUT2D eigenvalue weighted by molar-refractivity contribution is 0.198. The van der Waals surface area contributed by atoms with Gasteiger partial charge in [-0.1, -0.05) is 23.2 Å². The Morgan fingerprint density at radius 3 is 2.64 bits per heavy atom. The van der Waals surface area contributed by atoms with Gasteiger partial charge < -0.3 is 19.5 Å². The highest BCUT2D eigenvalue weighted by molar-refractivity contribution is 6.35. The maximum absolute atomic E-state index is 9.88. The van der Waals surface area contributed by atoms with Gasteiger partial charge in [-0.2, -0.15) is 10.4 Å². The standard InChI is InChI=1S/C25H22Cl2N6O3/c1-13(23-18(26)10-29-11-19(23)27)36-22-6-17-20(7-21(22)35-2)31-32-24(17)15-5-14(8-28)25(30-9-15)33-4-3-16(34)12-33/h5-7,9-11,13,16,34H,3-4,12H2,1-2H3,(H,31,32)/t13-,16+/m1/s1. The molecule has 0 amide bonds. The topological polar surface area (TPSA) is 120 Å². The summed E-state index contributed by atoms with van der Waals surface area (Å²) in [6, 6.07) is 7.60. The lowest BCUT2D eigenvalue weighted by Crippen LogP contribution is -2.23. The van der Waals surface area contributed by atoms with Crippen LogP contribution in [0, 0.1) is 11.3 Å². The lowest BCUT2D eigenvalue weighted by Gasteiger charge is -2.19. The van der Waals surface area contributed by atoms with E-state index in [2.05, 4.69) is 26.2 Å². The predicted molar refractivity (Wildman–Crippen MR) is 137 cm³/mol. The summed E-state index contributed by atoms with van der Waals surface area (Å²) in [5.41, 5.74) is 3.05. The number of methoxy groups -OCH3 is 1. The normalized spacial score (nSPS) is 16.2. The number of benzene rings is 1. The van der Waals surface area contributed by atoms with Crippen molar-refractivity contribution in [1.82, 2.24) is 20.2 Å². The van der Waals surface area contributed by atoms with E-state index >= 15 is 0 Å². The summed E-state index contributed by atoms with van der Waals surface area (Å²) >= 11 is 12.6. The monoisotopic (exact) mass is 524 g/mol. The molecule has 184 valence electrons. The highest BCUT2D eigenvalue weighted by Gasteiger charge is 2.25. The molecule has 4 aromatic rings. The van der Waals surface area contributed by atoms with Crippen LogP contribution in [0.1, 0.15) is 30.6 Å². The Balaban J connectivity index is 1.53. The second-order valence-corrected chi connectivity index (χ2v) is 9.31. The molecule has 1 aliphatic rings. The minimum atomic E-state index is -0.489. The van der Waals surface area contributed by atoms with E-state index in [4.69, 9.17) is 32.7 Å². The predicted octanol–water partition coefficient (Wildman–Crippen LogP) is 4.92. The number of hydrogen-bond donors (Lipinski definition) is 2. The molecule has 4 heterocycles. The van der Waals surface area contributed by atoms with Gasteiger partial charge in [-0.25, -0.2) is 4.98 Å². The number of anilines is 1. The third-order valence-corrected chi connectivity index (χ3v) is 6.77. The van der Waals surface area contributed by atoms with E-state index in [0.29, 0.717) is 69.3 Å². The molecule has 0 aliphatic carbocycles. The summed E-state index contributed by atoms with van der Waals surface area (Å²) in [7, 11) is 1.56. The quantitative estimate of drug-likeness (QED) is 0.364. The van der Waals surface area contributed by atoms with Crippen LogP contribution >= 0.6 is 23.2 Å². The van der Waals surface area contributed by atoms with Crippen molar-refractivity contribution in [3.8, 4) is 28.8 Å². The number of β-amino-alcohol motifs (C(OH)–C–C–N with tert-alkyl or cyclic N) is 1. The van der Waals surface area contributed by atoms with Crippen LogP contribution in [0.5, 0.6) is 11.5 Å². The van der Waals surface area contributed by atoms with E-state index in [9.17, 15) is 10.4 Å². The Kier molecular flexibility index (Phi) is 6.58. The van der Waals surface area contributed by atoms with Gasteiger partial charge in [-0.15, -0.1) is 0 Å². The van der Waals surface area contributed by atoms with Crippen molar-refractivity contribution in [2.24, 2.45) is 0 Å². The molecular weight excluding hydrogens is 503 g/mol. The average Bonchev–Trinajstić information content (AvgIpc) is 3.48. The number of ether oxygens (including phenoxy) is 2. The third-order valence-electron chi connectivity index (χ3n) is 6.17. The number of aromatic nitrogens is 4. The van der Waals surface area contributed by atoms with Gasteiger partial charge in [-0.3, -0.25) is 10.1 Å². The first kappa shape index (κ1) is 24.1. The largest absolute Gasteiger partial charge is 0.493 e. The molecule has 36 heavy (non-hydrogen) atoms. The maximum Gasteiger partial charge on any atom is 0.162 e. The molecular formula is C25H22Cl2N6O3. The van der Waals surface area contributed by atoms with Crippen molar-refractivity contribution in [1.29, 1.82) is 5.26 Å². The second-order valence-electron chi connectivity index (χ2n) is 8.49. The van der Waals surface area contributed by atoms with Crippen molar-refractivity contribution < 1.29 is 14.6 Å². The molecule has 1 aliphatic heterocycles. The van der Waals surface area contributed by atoms with Crippen molar-refractivity contribution in [2.45, 2.75) is 25.6 Å². The van der Waals surface area contributed by atoms with E-state index < -0.39 is 12.2 Å². The molecule has 2 N–H and O–H groups in total. The summed E-state index contributed by atoms with van der Waals surface area (Å²) in [6.45, 7) is 2.94. The molecule has 1 aromatic carbocycles. The number of aliphatic hydroxyl groups excluding tert-OH is 1. The lowest BCUT2D eigenvalue weighted by atomic mass is 10.1. The highest BCUT2D eigenvalue weighted by atomic mass is 35.5. The Hall–Kier alpha value is -3.58. The van der Waals surface area contributed by atoms with E-state index in [1.54, 1.807) is 25.4 Å². The summed E-state index contributed by atoms with van der Waals surface area (Å²) in [4.78, 5) is 10.5. The summed E-state index contributed by atoms with van der Waals surface area (Å²) in [5.74, 6) is 1.54. The smallest absolute Gasteiger partial charge is 0.162 e. The van der Waals surface area contributed by atoms with Crippen LogP contribution in [-0.2, 0) is 0 Å². The molecule has 0 bridgehead atoms. The number of aromatic amines is 1. The van der Waals surface area contributed by atoms with Crippen LogP contribution in [0.2, 0.25) is 10.0 Å². The fraction of sp³-hybridized carbons (Fsp3) is 0.280. The van der Waals surface area contributed by atoms with Gasteiger partial charge >= 0.3 is 0 Å². The summed E-state index contributed by atoms with van der Waals surface area (Å²) in [6.07, 6.45) is 4.46. The van der Waals surface area contributed by atoms with Crippen molar-refractivity contribution in [3.05, 3.63) is 58.0 Å². The molecule has 5 rings (SSSR count). The number of nitrogens with one attached hydrogen (secondary N) is 1. The zero-order valence-electron chi connectivity index (χ0n) is 19.5. The fourth-order valence-corrected chi connectivity index (χ4v) is 5.08. The first-order chi connectivity index (χ1) is 17.4. The minimum absolute atomic E-state index is 0.403. The van der Waals surface area contributed by atoms with Gasteiger partial charge in [0.25, 0.3) is 0 Å². The van der Waals surface area contributed by atoms with Gasteiger partial charge in [0.1, 0.15) is 23.7 Å². The van der Waals surface area contributed by atoms with Gasteiger partial charge in [0, 0.05) is 54.3 Å². The van der Waals surface area contributed by atoms with Crippen LogP contribution in [0.4, 0.5) is 5.82 Å². The number of hydrogen-bond acceptors (Lipinski definition) is 8. The Morgan fingerprint density at radius 2 is 1.97 bits per heavy atom. The molecule has 1 saturated heterocycles. The van der Waals surface area contributed by atoms with Gasteiger partial charge in [-0.05, 0) is 25.5 Å². The van der Waals surface area contributed by atoms with Crippen molar-refractivity contribution in [3.63, 3.8) is 0 Å². The Bertz CT molecular complexity index is 1460. The number of rotatable bonds is 6. The molecule has 9 nitrogen and oxygen atoms in total. The van der Waals surface area contributed by atoms with E-state index in [-0.39, 0.29) is 0 Å². The molecule has 2 atom stereocenters. The maximum atomic E-state index is 9.88. The number of aliphatic hydroxyl groups is 1. The molecule has 1 fully saturated rings. The van der Waals surface area contributed by atoms with Crippen LogP contribution in [-0.4, -0.2) is 51.6 Å². The van der Waals surface area contributed by atoms with E-state index in [1.165, 1.54) is 12.4 Å². The number of nitriles is 1. The number of H-pyrrole nitrogens is 1. The first-order valence-electron chi connectivity index (χ1n) is 11.2. The molecule has 3 aromatic heterocycles. The Morgan fingerprint density at radius 1 is 1.19 bits per heavy atom. The molecule has 0 radical (unpaired) electrons.